The minimum absolute atomic E-state index is 0.115. The molecule has 8 heteroatoms. The molecule has 26 heavy (non-hydrogen) atoms. The van der Waals surface area contributed by atoms with Gasteiger partial charge in [-0.3, -0.25) is 9.36 Å². The van der Waals surface area contributed by atoms with Gasteiger partial charge in [0, 0.05) is 6.04 Å². The zero-order chi connectivity index (χ0) is 17.9. The molecule has 0 aliphatic heterocycles. The topological polar surface area (TPSA) is 57.0 Å². The van der Waals surface area contributed by atoms with E-state index in [-0.39, 0.29) is 5.78 Å². The number of aromatic nitrogens is 3. The van der Waals surface area contributed by atoms with Crippen molar-refractivity contribution >= 4 is 40.5 Å². The van der Waals surface area contributed by atoms with Crippen LogP contribution in [0.2, 0.25) is 5.02 Å². The van der Waals surface area contributed by atoms with E-state index in [0.717, 1.165) is 28.7 Å². The number of carbonyl (C=O) groups excluding carboxylic acids is 1. The third-order valence-corrected chi connectivity index (χ3v) is 6.14. The second-order valence-electron chi connectivity index (χ2n) is 5.91. The van der Waals surface area contributed by atoms with Crippen LogP contribution in [0.3, 0.4) is 0 Å². The summed E-state index contributed by atoms with van der Waals surface area (Å²) in [5, 5.41) is 11.8. The fraction of sp³-hybridized carbons (Fsp3) is 0.278. The molecule has 0 spiro atoms. The Morgan fingerprint density at radius 1 is 1.27 bits per heavy atom. The van der Waals surface area contributed by atoms with E-state index in [1.807, 2.05) is 35.7 Å². The van der Waals surface area contributed by atoms with Crippen molar-refractivity contribution in [3.8, 4) is 5.75 Å². The number of ether oxygens (including phenoxy) is 1. The van der Waals surface area contributed by atoms with E-state index in [2.05, 4.69) is 14.8 Å². The lowest BCUT2D eigenvalue weighted by atomic mass is 10.3. The van der Waals surface area contributed by atoms with Gasteiger partial charge in [0.05, 0.1) is 15.7 Å². The smallest absolute Gasteiger partial charge is 0.192 e. The first-order chi connectivity index (χ1) is 12.7. The van der Waals surface area contributed by atoms with Gasteiger partial charge in [0.1, 0.15) is 12.4 Å². The summed E-state index contributed by atoms with van der Waals surface area (Å²) in [7, 11) is 0. The first kappa shape index (κ1) is 17.6. The molecule has 3 aromatic rings. The van der Waals surface area contributed by atoms with Gasteiger partial charge >= 0.3 is 0 Å². The highest BCUT2D eigenvalue weighted by Crippen LogP contribution is 2.39. The Morgan fingerprint density at radius 2 is 2.12 bits per heavy atom. The molecular weight excluding hydrogens is 390 g/mol. The van der Waals surface area contributed by atoms with Crippen molar-refractivity contribution in [2.45, 2.75) is 30.6 Å². The Kier molecular flexibility index (Phi) is 5.28. The number of halogens is 1. The van der Waals surface area contributed by atoms with Gasteiger partial charge in [0.25, 0.3) is 0 Å². The van der Waals surface area contributed by atoms with Gasteiger partial charge in [-0.15, -0.1) is 21.5 Å². The first-order valence-corrected chi connectivity index (χ1v) is 10.5. The van der Waals surface area contributed by atoms with E-state index >= 15 is 0 Å². The Morgan fingerprint density at radius 3 is 2.85 bits per heavy atom. The number of para-hydroxylation sites is 1. The highest BCUT2D eigenvalue weighted by Gasteiger charge is 2.30. The maximum Gasteiger partial charge on any atom is 0.192 e. The van der Waals surface area contributed by atoms with Gasteiger partial charge in [0.2, 0.25) is 0 Å². The largest absolute Gasteiger partial charge is 0.484 e. The lowest BCUT2D eigenvalue weighted by Gasteiger charge is -2.10. The van der Waals surface area contributed by atoms with Gasteiger partial charge in [-0.05, 0) is 36.4 Å². The number of hydrogen-bond donors (Lipinski definition) is 0. The highest BCUT2D eigenvalue weighted by atomic mass is 35.5. The quantitative estimate of drug-likeness (QED) is 0.394. The molecule has 0 amide bonds. The summed E-state index contributed by atoms with van der Waals surface area (Å²) in [4.78, 5) is 13.0. The first-order valence-electron chi connectivity index (χ1n) is 8.23. The number of thioether (sulfide) groups is 1. The number of carbonyl (C=O) groups is 1. The van der Waals surface area contributed by atoms with Crippen LogP contribution >= 0.6 is 34.7 Å². The van der Waals surface area contributed by atoms with E-state index in [1.165, 1.54) is 23.1 Å². The van der Waals surface area contributed by atoms with Crippen molar-refractivity contribution in [1.29, 1.82) is 0 Å². The summed E-state index contributed by atoms with van der Waals surface area (Å²) in [5.74, 6) is 1.86. The average Bonchev–Trinajstić information content (AvgIpc) is 3.18. The van der Waals surface area contributed by atoms with Crippen LogP contribution in [0.1, 0.15) is 34.4 Å². The minimum Gasteiger partial charge on any atom is -0.484 e. The Bertz CT molecular complexity index is 907. The Hall–Kier alpha value is -1.83. The predicted octanol–water partition coefficient (Wildman–Crippen LogP) is 4.88. The molecule has 1 fully saturated rings. The van der Waals surface area contributed by atoms with Crippen molar-refractivity contribution in [1.82, 2.24) is 14.8 Å². The number of ketones is 1. The molecule has 1 aliphatic rings. The molecular formula is C18H16ClN3O2S2. The number of rotatable bonds is 8. The molecule has 2 aromatic heterocycles. The van der Waals surface area contributed by atoms with E-state index in [0.29, 0.717) is 29.2 Å². The molecule has 0 bridgehead atoms. The van der Waals surface area contributed by atoms with Crippen molar-refractivity contribution in [3.63, 3.8) is 0 Å². The summed E-state index contributed by atoms with van der Waals surface area (Å²) in [5.41, 5.74) is 0. The van der Waals surface area contributed by atoms with Crippen LogP contribution in [-0.2, 0) is 6.61 Å². The third-order valence-electron chi connectivity index (χ3n) is 3.97. The summed E-state index contributed by atoms with van der Waals surface area (Å²) in [6, 6.07) is 11.5. The van der Waals surface area contributed by atoms with Gasteiger partial charge in [0.15, 0.2) is 16.8 Å². The second kappa shape index (κ2) is 7.82. The summed E-state index contributed by atoms with van der Waals surface area (Å²) < 4.78 is 7.91. The fourth-order valence-electron chi connectivity index (χ4n) is 2.55. The number of benzene rings is 1. The molecule has 1 saturated carbocycles. The molecule has 0 atom stereocenters. The molecule has 1 aliphatic carbocycles. The van der Waals surface area contributed by atoms with Crippen LogP contribution in [-0.4, -0.2) is 26.3 Å². The molecule has 1 aromatic carbocycles. The Labute approximate surface area is 164 Å². The van der Waals surface area contributed by atoms with Crippen LogP contribution in [0, 0.1) is 0 Å². The van der Waals surface area contributed by atoms with Crippen LogP contribution in [0.15, 0.2) is 46.9 Å². The van der Waals surface area contributed by atoms with Gasteiger partial charge in [-0.1, -0.05) is 41.6 Å². The van der Waals surface area contributed by atoms with Gasteiger partial charge in [-0.2, -0.15) is 0 Å². The van der Waals surface area contributed by atoms with Gasteiger partial charge in [-0.25, -0.2) is 0 Å². The normalized spacial score (nSPS) is 13.7. The number of thiophene rings is 1. The maximum atomic E-state index is 12.2. The SMILES string of the molecule is O=C(CSc1nnc(COc2ccccc2Cl)n1C1CC1)c1cccs1. The van der Waals surface area contributed by atoms with E-state index in [1.54, 1.807) is 6.07 Å². The molecule has 0 unspecified atom stereocenters. The summed E-state index contributed by atoms with van der Waals surface area (Å²) in [6.45, 7) is 0.298. The van der Waals surface area contributed by atoms with Crippen molar-refractivity contribution in [2.75, 3.05) is 5.75 Å². The van der Waals surface area contributed by atoms with Crippen LogP contribution < -0.4 is 4.74 Å². The van der Waals surface area contributed by atoms with Crippen molar-refractivity contribution in [3.05, 3.63) is 57.5 Å². The average molecular weight is 406 g/mol. The number of nitrogens with zero attached hydrogens (tertiary/aromatic N) is 3. The van der Waals surface area contributed by atoms with Crippen LogP contribution in [0.25, 0.3) is 0 Å². The molecule has 0 saturated heterocycles. The molecule has 2 heterocycles. The lowest BCUT2D eigenvalue weighted by molar-refractivity contribution is 0.102. The zero-order valence-electron chi connectivity index (χ0n) is 13.8. The van der Waals surface area contributed by atoms with Crippen LogP contribution in [0.5, 0.6) is 5.75 Å². The molecule has 4 rings (SSSR count). The zero-order valence-corrected chi connectivity index (χ0v) is 16.2. The molecule has 134 valence electrons. The third kappa shape index (κ3) is 3.95. The minimum atomic E-state index is 0.115. The number of Topliss-reactive ketones (excluding diaryl/α,β-unsaturated/α-hetero) is 1. The predicted molar refractivity (Wildman–Crippen MR) is 103 cm³/mol. The van der Waals surface area contributed by atoms with E-state index in [4.69, 9.17) is 16.3 Å². The summed E-state index contributed by atoms with van der Waals surface area (Å²) in [6.07, 6.45) is 2.20. The molecule has 0 radical (unpaired) electrons. The summed E-state index contributed by atoms with van der Waals surface area (Å²) >= 11 is 9.03. The van der Waals surface area contributed by atoms with Crippen molar-refractivity contribution < 1.29 is 9.53 Å². The van der Waals surface area contributed by atoms with E-state index < -0.39 is 0 Å². The lowest BCUT2D eigenvalue weighted by Crippen LogP contribution is -2.08. The second-order valence-corrected chi connectivity index (χ2v) is 8.21. The van der Waals surface area contributed by atoms with Crippen LogP contribution in [0.4, 0.5) is 0 Å². The Balaban J connectivity index is 1.45. The molecule has 5 nitrogen and oxygen atoms in total. The van der Waals surface area contributed by atoms with Gasteiger partial charge < -0.3 is 4.74 Å². The standard InChI is InChI=1S/C18H16ClN3O2S2/c19-13-4-1-2-5-15(13)24-10-17-20-21-18(22(17)12-7-8-12)26-11-14(23)16-6-3-9-25-16/h1-6,9,12H,7-8,10-11H2. The fourth-order valence-corrected chi connectivity index (χ4v) is 4.40. The highest BCUT2D eigenvalue weighted by molar-refractivity contribution is 7.99. The number of hydrogen-bond acceptors (Lipinski definition) is 6. The molecule has 0 N–H and O–H groups in total. The van der Waals surface area contributed by atoms with Crippen molar-refractivity contribution in [2.24, 2.45) is 0 Å². The van der Waals surface area contributed by atoms with E-state index in [9.17, 15) is 4.79 Å². The maximum absolute atomic E-state index is 12.2. The monoisotopic (exact) mass is 405 g/mol.